The first kappa shape index (κ1) is 17.9. The molecule has 0 spiro atoms. The van der Waals surface area contributed by atoms with Gasteiger partial charge in [-0.15, -0.1) is 0 Å². The number of carboxylic acids is 1. The molecule has 0 radical (unpaired) electrons. The van der Waals surface area contributed by atoms with Crippen molar-refractivity contribution < 1.29 is 27.8 Å². The minimum absolute atomic E-state index is 0.0511. The Kier molecular flexibility index (Phi) is 4.16. The van der Waals surface area contributed by atoms with Crippen LogP contribution in [-0.4, -0.2) is 15.4 Å². The minimum Gasteiger partial charge on any atom is -0.480 e. The van der Waals surface area contributed by atoms with E-state index in [1.54, 1.807) is 0 Å². The normalized spacial score (nSPS) is 21.6. The molecule has 2 aromatic rings. The first-order chi connectivity index (χ1) is 11.6. The van der Waals surface area contributed by atoms with Gasteiger partial charge in [0, 0.05) is 6.42 Å². The maximum Gasteiger partial charge on any atom is 0.419 e. The second-order valence-corrected chi connectivity index (χ2v) is 7.20. The highest BCUT2D eigenvalue weighted by Gasteiger charge is 2.72. The van der Waals surface area contributed by atoms with E-state index >= 15 is 0 Å². The first-order valence-corrected chi connectivity index (χ1v) is 7.89. The van der Waals surface area contributed by atoms with Gasteiger partial charge in [-0.2, -0.15) is 13.2 Å². The fourth-order valence-corrected chi connectivity index (χ4v) is 3.46. The third-order valence-electron chi connectivity index (χ3n) is 4.12. The van der Waals surface area contributed by atoms with Crippen molar-refractivity contribution in [3.05, 3.63) is 59.7 Å². The molecule has 0 heterocycles. The quantitative estimate of drug-likeness (QED) is 0.711. The Balaban J connectivity index is 1.87. The van der Waals surface area contributed by atoms with Gasteiger partial charge in [0.05, 0.1) is 5.56 Å². The lowest BCUT2D eigenvalue weighted by Crippen LogP contribution is -2.26. The van der Waals surface area contributed by atoms with Crippen molar-refractivity contribution >= 4 is 29.2 Å². The lowest BCUT2D eigenvalue weighted by molar-refractivity contribution is -0.140. The van der Waals surface area contributed by atoms with Crippen LogP contribution < -0.4 is 4.74 Å². The van der Waals surface area contributed by atoms with Gasteiger partial charge in [0.25, 0.3) is 0 Å². The third kappa shape index (κ3) is 3.04. The van der Waals surface area contributed by atoms with E-state index in [2.05, 4.69) is 0 Å². The summed E-state index contributed by atoms with van der Waals surface area (Å²) in [7, 11) is 0. The molecule has 1 fully saturated rings. The van der Waals surface area contributed by atoms with Crippen molar-refractivity contribution in [3.8, 4) is 11.5 Å². The number of alkyl halides is 5. The highest BCUT2D eigenvalue weighted by atomic mass is 35.5. The molecule has 132 valence electrons. The fraction of sp³-hybridized carbons (Fsp3) is 0.235. The molecule has 1 aliphatic carbocycles. The van der Waals surface area contributed by atoms with Crippen LogP contribution in [0.25, 0.3) is 0 Å². The number of carbonyl (C=O) groups is 1. The molecule has 2 aromatic carbocycles. The van der Waals surface area contributed by atoms with Crippen LogP contribution in [0.4, 0.5) is 13.2 Å². The molecule has 1 aliphatic rings. The summed E-state index contributed by atoms with van der Waals surface area (Å²) < 4.78 is 42.8. The van der Waals surface area contributed by atoms with Crippen LogP contribution in [0.3, 0.4) is 0 Å². The summed E-state index contributed by atoms with van der Waals surface area (Å²) in [6, 6.07) is 10.5. The zero-order chi connectivity index (χ0) is 18.5. The molecule has 0 saturated heterocycles. The number of carboxylic acid groups (broad SMARTS) is 1. The first-order valence-electron chi connectivity index (χ1n) is 7.14. The summed E-state index contributed by atoms with van der Waals surface area (Å²) >= 11 is 11.9. The number of halogens is 5. The van der Waals surface area contributed by atoms with Crippen LogP contribution in [0.5, 0.6) is 11.5 Å². The molecule has 1 unspecified atom stereocenters. The van der Waals surface area contributed by atoms with E-state index in [0.29, 0.717) is 5.56 Å². The van der Waals surface area contributed by atoms with Gasteiger partial charge in [0.15, 0.2) is 0 Å². The van der Waals surface area contributed by atoms with Gasteiger partial charge >= 0.3 is 12.1 Å². The van der Waals surface area contributed by atoms with E-state index in [9.17, 15) is 23.1 Å². The summed E-state index contributed by atoms with van der Waals surface area (Å²) in [4.78, 5) is 11.5. The molecule has 25 heavy (non-hydrogen) atoms. The van der Waals surface area contributed by atoms with E-state index in [1.807, 2.05) is 0 Å². The standard InChI is InChI=1S/C17H11Cl2F3O3/c18-16(19)9-15(16,14(23)24)10-5-7-11(8-6-10)25-13-4-2-1-3-12(13)17(20,21)22/h1-8H,9H2,(H,23,24). The molecule has 1 atom stereocenters. The van der Waals surface area contributed by atoms with E-state index in [1.165, 1.54) is 42.5 Å². The topological polar surface area (TPSA) is 46.5 Å². The maximum atomic E-state index is 13.0. The molecular formula is C17H11Cl2F3O3. The monoisotopic (exact) mass is 390 g/mol. The Bertz CT molecular complexity index is 819. The number of para-hydroxylation sites is 1. The molecule has 3 rings (SSSR count). The van der Waals surface area contributed by atoms with Gasteiger partial charge < -0.3 is 9.84 Å². The number of aliphatic carboxylic acids is 1. The van der Waals surface area contributed by atoms with E-state index < -0.39 is 27.5 Å². The SMILES string of the molecule is O=C(O)C1(c2ccc(Oc3ccccc3C(F)(F)F)cc2)CC1(Cl)Cl. The predicted octanol–water partition coefficient (Wildman–Crippen LogP) is 5.40. The second kappa shape index (κ2) is 5.81. The molecular weight excluding hydrogens is 380 g/mol. The summed E-state index contributed by atoms with van der Waals surface area (Å²) in [6.07, 6.45) is -4.50. The van der Waals surface area contributed by atoms with Gasteiger partial charge in [-0.1, -0.05) is 47.5 Å². The molecule has 0 bridgehead atoms. The van der Waals surface area contributed by atoms with Gasteiger partial charge in [-0.05, 0) is 29.8 Å². The smallest absolute Gasteiger partial charge is 0.419 e. The van der Waals surface area contributed by atoms with Crippen molar-refractivity contribution in [3.63, 3.8) is 0 Å². The van der Waals surface area contributed by atoms with Crippen molar-refractivity contribution in [2.24, 2.45) is 0 Å². The van der Waals surface area contributed by atoms with Crippen LogP contribution in [0, 0.1) is 0 Å². The minimum atomic E-state index is -4.55. The molecule has 1 saturated carbocycles. The van der Waals surface area contributed by atoms with Gasteiger partial charge in [0.2, 0.25) is 0 Å². The lowest BCUT2D eigenvalue weighted by Gasteiger charge is -2.16. The second-order valence-electron chi connectivity index (χ2n) is 5.71. The fourth-order valence-electron chi connectivity index (χ4n) is 2.68. The molecule has 1 N–H and O–H groups in total. The number of benzene rings is 2. The molecule has 0 aromatic heterocycles. The van der Waals surface area contributed by atoms with Crippen LogP contribution in [0.15, 0.2) is 48.5 Å². The highest BCUT2D eigenvalue weighted by Crippen LogP contribution is 2.65. The van der Waals surface area contributed by atoms with Crippen LogP contribution in [-0.2, 0) is 16.4 Å². The molecule has 0 amide bonds. The zero-order valence-corrected chi connectivity index (χ0v) is 14.0. The Morgan fingerprint density at radius 2 is 1.64 bits per heavy atom. The predicted molar refractivity (Wildman–Crippen MR) is 86.3 cm³/mol. The largest absolute Gasteiger partial charge is 0.480 e. The Labute approximate surface area is 150 Å². The summed E-state index contributed by atoms with van der Waals surface area (Å²) in [6.45, 7) is 0. The zero-order valence-electron chi connectivity index (χ0n) is 12.5. The Morgan fingerprint density at radius 1 is 1.08 bits per heavy atom. The summed E-state index contributed by atoms with van der Waals surface area (Å²) in [5.74, 6) is -1.36. The third-order valence-corrected chi connectivity index (χ3v) is 5.03. The van der Waals surface area contributed by atoms with E-state index in [4.69, 9.17) is 27.9 Å². The average molecular weight is 391 g/mol. The van der Waals surface area contributed by atoms with Crippen LogP contribution in [0.2, 0.25) is 0 Å². The molecule has 0 aliphatic heterocycles. The number of hydrogen-bond donors (Lipinski definition) is 1. The Hall–Kier alpha value is -1.92. The van der Waals surface area contributed by atoms with Gasteiger partial charge in [-0.25, -0.2) is 0 Å². The van der Waals surface area contributed by atoms with E-state index in [-0.39, 0.29) is 17.9 Å². The Morgan fingerprint density at radius 3 is 2.12 bits per heavy atom. The average Bonchev–Trinajstić information content (AvgIpc) is 3.12. The van der Waals surface area contributed by atoms with Gasteiger partial charge in [0.1, 0.15) is 21.2 Å². The van der Waals surface area contributed by atoms with Gasteiger partial charge in [-0.3, -0.25) is 4.79 Å². The van der Waals surface area contributed by atoms with Crippen molar-refractivity contribution in [1.29, 1.82) is 0 Å². The number of ether oxygens (including phenoxy) is 1. The summed E-state index contributed by atoms with van der Waals surface area (Å²) in [5, 5.41) is 9.40. The number of hydrogen-bond acceptors (Lipinski definition) is 2. The lowest BCUT2D eigenvalue weighted by atomic mass is 9.96. The maximum absolute atomic E-state index is 13.0. The van der Waals surface area contributed by atoms with Crippen LogP contribution in [0.1, 0.15) is 17.5 Å². The number of rotatable bonds is 4. The highest BCUT2D eigenvalue weighted by molar-refractivity contribution is 6.54. The van der Waals surface area contributed by atoms with Crippen molar-refractivity contribution in [2.45, 2.75) is 22.3 Å². The van der Waals surface area contributed by atoms with Crippen LogP contribution >= 0.6 is 23.2 Å². The summed E-state index contributed by atoms with van der Waals surface area (Å²) in [5.41, 5.74) is -1.95. The van der Waals surface area contributed by atoms with Crippen molar-refractivity contribution in [1.82, 2.24) is 0 Å². The molecule has 3 nitrogen and oxygen atoms in total. The van der Waals surface area contributed by atoms with Crippen molar-refractivity contribution in [2.75, 3.05) is 0 Å². The molecule has 8 heteroatoms. The van der Waals surface area contributed by atoms with E-state index in [0.717, 1.165) is 6.07 Å².